The Morgan fingerprint density at radius 3 is 2.55 bits per heavy atom. The molecule has 0 radical (unpaired) electrons. The number of hydrogen-bond donors (Lipinski definition) is 1. The van der Waals surface area contributed by atoms with Crippen molar-refractivity contribution in [2.45, 2.75) is 38.3 Å². The molecule has 1 aromatic rings. The fraction of sp³-hybridized carbons (Fsp3) is 0.562. The highest BCUT2D eigenvalue weighted by atomic mass is 16.5. The number of phenolic OH excluding ortho intramolecular Hbond substituents is 1. The normalized spacial score (nSPS) is 32.0. The monoisotopic (exact) mass is 275 g/mol. The maximum Gasteiger partial charge on any atom is 0.302 e. The molecule has 3 aliphatic rings. The number of esters is 1. The van der Waals surface area contributed by atoms with Crippen LogP contribution < -0.4 is 0 Å². The van der Waals surface area contributed by atoms with Gasteiger partial charge in [-0.2, -0.15) is 0 Å². The van der Waals surface area contributed by atoms with Gasteiger partial charge in [-0.15, -0.1) is 0 Å². The second-order valence-electron chi connectivity index (χ2n) is 5.89. The van der Waals surface area contributed by atoms with Crippen LogP contribution in [0.15, 0.2) is 24.3 Å². The van der Waals surface area contributed by atoms with Gasteiger partial charge in [0.2, 0.25) is 0 Å². The number of fused-ring (bicyclic) bond motifs is 3. The number of rotatable bonds is 3. The van der Waals surface area contributed by atoms with Gasteiger partial charge in [-0.1, -0.05) is 12.1 Å². The summed E-state index contributed by atoms with van der Waals surface area (Å²) in [5, 5.41) is 9.36. The van der Waals surface area contributed by atoms with Crippen LogP contribution in [0.25, 0.3) is 0 Å². The second kappa shape index (κ2) is 5.44. The first-order valence-electron chi connectivity index (χ1n) is 7.32. The first kappa shape index (κ1) is 13.4. The maximum atomic E-state index is 11.4. The van der Waals surface area contributed by atoms with Gasteiger partial charge in [0, 0.05) is 6.92 Å². The lowest BCUT2D eigenvalue weighted by atomic mass is 9.78. The highest BCUT2D eigenvalue weighted by Gasteiger charge is 2.43. The predicted octanol–water partition coefficient (Wildman–Crippen LogP) is 1.96. The van der Waals surface area contributed by atoms with Crippen LogP contribution in [0, 0.1) is 5.92 Å². The second-order valence-corrected chi connectivity index (χ2v) is 5.89. The molecule has 3 saturated heterocycles. The number of carbonyl (C=O) groups is 1. The number of phenols is 1. The first-order valence-corrected chi connectivity index (χ1v) is 7.32. The minimum absolute atomic E-state index is 0.0174. The van der Waals surface area contributed by atoms with Crippen molar-refractivity contribution in [1.29, 1.82) is 0 Å². The number of hydrogen-bond acceptors (Lipinski definition) is 4. The zero-order valence-electron chi connectivity index (χ0n) is 11.8. The van der Waals surface area contributed by atoms with Gasteiger partial charge in [-0.3, -0.25) is 9.69 Å². The Kier molecular flexibility index (Phi) is 3.66. The average molecular weight is 275 g/mol. The Balaban J connectivity index is 1.77. The number of ether oxygens (including phenoxy) is 1. The van der Waals surface area contributed by atoms with E-state index in [1.54, 1.807) is 12.1 Å². The molecule has 3 heterocycles. The van der Waals surface area contributed by atoms with E-state index in [0.717, 1.165) is 32.4 Å². The van der Waals surface area contributed by atoms with E-state index in [2.05, 4.69) is 4.90 Å². The van der Waals surface area contributed by atoms with E-state index >= 15 is 0 Å². The molecule has 4 nitrogen and oxygen atoms in total. The van der Waals surface area contributed by atoms with Crippen LogP contribution in [0.2, 0.25) is 0 Å². The van der Waals surface area contributed by atoms with Crippen LogP contribution in [0.5, 0.6) is 5.75 Å². The number of piperidine rings is 3. The number of aromatic hydroxyl groups is 1. The molecule has 0 aliphatic carbocycles. The fourth-order valence-electron chi connectivity index (χ4n) is 3.59. The molecule has 0 aromatic heterocycles. The van der Waals surface area contributed by atoms with Gasteiger partial charge in [0.05, 0.1) is 6.04 Å². The molecule has 0 spiro atoms. The van der Waals surface area contributed by atoms with Crippen molar-refractivity contribution in [2.24, 2.45) is 5.92 Å². The average Bonchev–Trinajstić information content (AvgIpc) is 2.44. The van der Waals surface area contributed by atoms with E-state index in [4.69, 9.17) is 4.74 Å². The molecule has 4 heteroatoms. The lowest BCUT2D eigenvalue weighted by molar-refractivity contribution is -0.163. The molecule has 2 unspecified atom stereocenters. The lowest BCUT2D eigenvalue weighted by Gasteiger charge is -2.50. The molecule has 108 valence electrons. The van der Waals surface area contributed by atoms with Crippen LogP contribution in [0.4, 0.5) is 0 Å². The predicted molar refractivity (Wildman–Crippen MR) is 75.4 cm³/mol. The first-order chi connectivity index (χ1) is 9.63. The van der Waals surface area contributed by atoms with Crippen molar-refractivity contribution in [3.8, 4) is 5.75 Å². The van der Waals surface area contributed by atoms with E-state index in [9.17, 15) is 9.90 Å². The molecule has 3 fully saturated rings. The van der Waals surface area contributed by atoms with Crippen LogP contribution >= 0.6 is 0 Å². The topological polar surface area (TPSA) is 49.8 Å². The minimum atomic E-state index is -0.181. The van der Waals surface area contributed by atoms with E-state index in [1.807, 2.05) is 12.1 Å². The Hall–Kier alpha value is -1.55. The molecule has 1 N–H and O–H groups in total. The Bertz CT molecular complexity index is 477. The molecule has 1 aromatic carbocycles. The number of nitrogens with zero attached hydrogens (tertiary/aromatic N) is 1. The molecule has 0 saturated carbocycles. The molecule has 0 amide bonds. The van der Waals surface area contributed by atoms with Crippen LogP contribution in [0.1, 0.15) is 25.3 Å². The van der Waals surface area contributed by atoms with Gasteiger partial charge >= 0.3 is 5.97 Å². The highest BCUT2D eigenvalue weighted by molar-refractivity contribution is 5.66. The summed E-state index contributed by atoms with van der Waals surface area (Å²) in [6, 6.07) is 7.60. The SMILES string of the molecule is CC(=O)OC1C2CCN(CC2)C1Cc1ccc(O)cc1. The smallest absolute Gasteiger partial charge is 0.302 e. The summed E-state index contributed by atoms with van der Waals surface area (Å²) in [5.74, 6) is 0.612. The summed E-state index contributed by atoms with van der Waals surface area (Å²) in [4.78, 5) is 13.8. The van der Waals surface area contributed by atoms with Gasteiger partial charge in [0.25, 0.3) is 0 Å². The van der Waals surface area contributed by atoms with E-state index in [1.165, 1.54) is 12.5 Å². The van der Waals surface area contributed by atoms with Crippen LogP contribution in [0.3, 0.4) is 0 Å². The zero-order valence-corrected chi connectivity index (χ0v) is 11.8. The molecule has 4 rings (SSSR count). The van der Waals surface area contributed by atoms with Gasteiger partial charge in [-0.05, 0) is 56.0 Å². The summed E-state index contributed by atoms with van der Waals surface area (Å²) in [7, 11) is 0. The van der Waals surface area contributed by atoms with Crippen molar-refractivity contribution < 1.29 is 14.6 Å². The molecule has 20 heavy (non-hydrogen) atoms. The van der Waals surface area contributed by atoms with Crippen molar-refractivity contribution in [1.82, 2.24) is 4.90 Å². The summed E-state index contributed by atoms with van der Waals surface area (Å²) in [6.07, 6.45) is 3.15. The van der Waals surface area contributed by atoms with Crippen molar-refractivity contribution in [2.75, 3.05) is 13.1 Å². The number of benzene rings is 1. The summed E-state index contributed by atoms with van der Waals surface area (Å²) in [6.45, 7) is 3.70. The van der Waals surface area contributed by atoms with Gasteiger partial charge < -0.3 is 9.84 Å². The third-order valence-corrected chi connectivity index (χ3v) is 4.57. The third-order valence-electron chi connectivity index (χ3n) is 4.57. The van der Waals surface area contributed by atoms with Crippen LogP contribution in [-0.4, -0.2) is 41.2 Å². The Morgan fingerprint density at radius 2 is 1.95 bits per heavy atom. The largest absolute Gasteiger partial charge is 0.508 e. The van der Waals surface area contributed by atoms with E-state index in [0.29, 0.717) is 5.92 Å². The van der Waals surface area contributed by atoms with Crippen LogP contribution in [-0.2, 0) is 16.0 Å². The van der Waals surface area contributed by atoms with E-state index < -0.39 is 0 Å². The number of carbonyl (C=O) groups excluding carboxylic acids is 1. The third kappa shape index (κ3) is 2.66. The highest BCUT2D eigenvalue weighted by Crippen LogP contribution is 2.36. The summed E-state index contributed by atoms with van der Waals surface area (Å²) in [5.41, 5.74) is 1.18. The molecule has 2 bridgehead atoms. The standard InChI is InChI=1S/C16H21NO3/c1-11(18)20-16-13-6-8-17(9-7-13)15(16)10-12-2-4-14(19)5-3-12/h2-5,13,15-16,19H,6-10H2,1H3. The zero-order chi connectivity index (χ0) is 14.1. The maximum absolute atomic E-state index is 11.4. The Morgan fingerprint density at radius 1 is 1.30 bits per heavy atom. The van der Waals surface area contributed by atoms with Gasteiger partial charge in [0.15, 0.2) is 0 Å². The fourth-order valence-corrected chi connectivity index (χ4v) is 3.59. The molecule has 2 atom stereocenters. The summed E-state index contributed by atoms with van der Waals surface area (Å²) >= 11 is 0. The molecular formula is C16H21NO3. The summed E-state index contributed by atoms with van der Waals surface area (Å²) < 4.78 is 5.60. The van der Waals surface area contributed by atoms with Gasteiger partial charge in [0.1, 0.15) is 11.9 Å². The van der Waals surface area contributed by atoms with Gasteiger partial charge in [-0.25, -0.2) is 0 Å². The van der Waals surface area contributed by atoms with Crippen molar-refractivity contribution in [3.63, 3.8) is 0 Å². The molecule has 3 aliphatic heterocycles. The van der Waals surface area contributed by atoms with Crippen molar-refractivity contribution >= 4 is 5.97 Å². The minimum Gasteiger partial charge on any atom is -0.508 e. The Labute approximate surface area is 119 Å². The lowest BCUT2D eigenvalue weighted by Crippen LogP contribution is -2.59. The molecular weight excluding hydrogens is 254 g/mol. The quantitative estimate of drug-likeness (QED) is 0.857. The van der Waals surface area contributed by atoms with Crippen molar-refractivity contribution in [3.05, 3.63) is 29.8 Å². The van der Waals surface area contributed by atoms with E-state index in [-0.39, 0.29) is 23.9 Å².